The predicted molar refractivity (Wildman–Crippen MR) is 126 cm³/mol. The molecule has 2 aliphatic rings. The number of carbonyl (C=O) groups excluding carboxylic acids is 1. The van der Waals surface area contributed by atoms with Crippen molar-refractivity contribution in [2.45, 2.75) is 39.5 Å². The molecule has 8 heteroatoms. The molecule has 172 valence electrons. The van der Waals surface area contributed by atoms with Crippen LogP contribution in [0.1, 0.15) is 39.5 Å². The van der Waals surface area contributed by atoms with Gasteiger partial charge < -0.3 is 25.0 Å². The first-order valence-electron chi connectivity index (χ1n) is 11.3. The average Bonchev–Trinajstić information content (AvgIpc) is 2.82. The summed E-state index contributed by atoms with van der Waals surface area (Å²) >= 11 is 0. The van der Waals surface area contributed by atoms with Gasteiger partial charge in [0.2, 0.25) is 5.95 Å². The van der Waals surface area contributed by atoms with E-state index in [2.05, 4.69) is 28.6 Å². The van der Waals surface area contributed by atoms with Crippen molar-refractivity contribution >= 4 is 28.5 Å². The molecule has 4 rings (SSSR count). The molecule has 1 saturated heterocycles. The van der Waals surface area contributed by atoms with Crippen LogP contribution in [0.5, 0.6) is 11.5 Å². The summed E-state index contributed by atoms with van der Waals surface area (Å²) < 4.78 is 10.8. The average molecular weight is 440 g/mol. The van der Waals surface area contributed by atoms with Gasteiger partial charge in [-0.25, -0.2) is 4.98 Å². The van der Waals surface area contributed by atoms with Crippen LogP contribution in [-0.2, 0) is 4.79 Å². The highest BCUT2D eigenvalue weighted by Crippen LogP contribution is 2.42. The van der Waals surface area contributed by atoms with Crippen molar-refractivity contribution in [3.8, 4) is 11.5 Å². The Morgan fingerprint density at radius 2 is 1.59 bits per heavy atom. The summed E-state index contributed by atoms with van der Waals surface area (Å²) in [6.07, 6.45) is 5.58. The van der Waals surface area contributed by atoms with E-state index in [0.717, 1.165) is 56.3 Å². The molecule has 1 fully saturated rings. The summed E-state index contributed by atoms with van der Waals surface area (Å²) in [4.78, 5) is 26.3. The maximum Gasteiger partial charge on any atom is 0.228 e. The molecule has 8 nitrogen and oxygen atoms in total. The second-order valence-electron chi connectivity index (χ2n) is 8.77. The van der Waals surface area contributed by atoms with E-state index in [1.54, 1.807) is 14.2 Å². The van der Waals surface area contributed by atoms with E-state index in [-0.39, 0.29) is 11.2 Å². The van der Waals surface area contributed by atoms with Crippen LogP contribution in [-0.4, -0.2) is 61.0 Å². The van der Waals surface area contributed by atoms with Gasteiger partial charge in [-0.05, 0) is 30.7 Å². The van der Waals surface area contributed by atoms with E-state index < -0.39 is 0 Å². The van der Waals surface area contributed by atoms with Crippen LogP contribution >= 0.6 is 0 Å². The molecule has 2 aromatic rings. The number of methoxy groups -OCH3 is 2. The Hall–Kier alpha value is -3.03. The minimum atomic E-state index is 0.105. The molecule has 1 aliphatic carbocycles. The molecule has 1 aromatic carbocycles. The molecule has 32 heavy (non-hydrogen) atoms. The van der Waals surface area contributed by atoms with Gasteiger partial charge in [0, 0.05) is 55.8 Å². The number of piperazine rings is 1. The first-order chi connectivity index (χ1) is 15.4. The Bertz CT molecular complexity index is 1040. The molecule has 0 amide bonds. The fraction of sp³-hybridized carbons (Fsp3) is 0.542. The summed E-state index contributed by atoms with van der Waals surface area (Å²) in [5, 5.41) is 0.742. The Kier molecular flexibility index (Phi) is 6.13. The maximum absolute atomic E-state index is 12.4. The Balaban J connectivity index is 1.52. The molecule has 0 saturated carbocycles. The Morgan fingerprint density at radius 3 is 2.22 bits per heavy atom. The largest absolute Gasteiger partial charge is 0.493 e. The van der Waals surface area contributed by atoms with E-state index in [1.165, 1.54) is 5.70 Å². The third-order valence-electron chi connectivity index (χ3n) is 7.12. The topological polar surface area (TPSA) is 93.8 Å². The van der Waals surface area contributed by atoms with Crippen LogP contribution in [0.25, 0.3) is 10.9 Å². The number of carbonyl (C=O) groups is 1. The van der Waals surface area contributed by atoms with Gasteiger partial charge in [0.1, 0.15) is 5.82 Å². The molecule has 0 atom stereocenters. The van der Waals surface area contributed by atoms with Gasteiger partial charge in [0.25, 0.3) is 0 Å². The summed E-state index contributed by atoms with van der Waals surface area (Å²) in [6.45, 7) is 7.60. The molecular formula is C24H33N5O3. The van der Waals surface area contributed by atoms with E-state index in [0.29, 0.717) is 29.7 Å². The van der Waals surface area contributed by atoms with E-state index in [4.69, 9.17) is 20.2 Å². The number of hydrogen-bond donors (Lipinski definition) is 1. The van der Waals surface area contributed by atoms with E-state index >= 15 is 0 Å². The van der Waals surface area contributed by atoms with Gasteiger partial charge in [-0.15, -0.1) is 0 Å². The number of nitrogen functional groups attached to an aromatic ring is 1. The summed E-state index contributed by atoms with van der Waals surface area (Å²) in [7, 11) is 3.19. The van der Waals surface area contributed by atoms with Crippen molar-refractivity contribution in [3.63, 3.8) is 0 Å². The van der Waals surface area contributed by atoms with Crippen molar-refractivity contribution in [1.29, 1.82) is 0 Å². The van der Waals surface area contributed by atoms with Crippen LogP contribution in [0, 0.1) is 5.41 Å². The van der Waals surface area contributed by atoms with Crippen molar-refractivity contribution in [2.75, 3.05) is 51.0 Å². The molecule has 0 bridgehead atoms. The van der Waals surface area contributed by atoms with Gasteiger partial charge in [0.05, 0.1) is 19.7 Å². The second-order valence-corrected chi connectivity index (χ2v) is 8.77. The molecule has 0 spiro atoms. The lowest BCUT2D eigenvalue weighted by Gasteiger charge is -2.42. The second kappa shape index (κ2) is 8.84. The lowest BCUT2D eigenvalue weighted by atomic mass is 9.71. The monoisotopic (exact) mass is 439 g/mol. The van der Waals surface area contributed by atoms with Crippen molar-refractivity contribution < 1.29 is 14.3 Å². The first-order valence-corrected chi connectivity index (χ1v) is 11.3. The molecule has 0 unspecified atom stereocenters. The van der Waals surface area contributed by atoms with Crippen molar-refractivity contribution in [2.24, 2.45) is 5.41 Å². The highest BCUT2D eigenvalue weighted by Gasteiger charge is 2.35. The fourth-order valence-electron chi connectivity index (χ4n) is 4.86. The lowest BCUT2D eigenvalue weighted by Crippen LogP contribution is -2.48. The number of aromatic nitrogens is 2. The number of allylic oxidation sites excluding steroid dienone is 2. The van der Waals surface area contributed by atoms with Crippen LogP contribution in [0.4, 0.5) is 11.8 Å². The fourth-order valence-corrected chi connectivity index (χ4v) is 4.86. The number of ether oxygens (including phenoxy) is 2. The molecule has 2 heterocycles. The van der Waals surface area contributed by atoms with E-state index in [9.17, 15) is 4.79 Å². The molecule has 1 aliphatic heterocycles. The number of ketones is 1. The molecule has 2 N–H and O–H groups in total. The van der Waals surface area contributed by atoms with Crippen molar-refractivity contribution in [1.82, 2.24) is 14.9 Å². The molecule has 0 radical (unpaired) electrons. The zero-order valence-electron chi connectivity index (χ0n) is 19.5. The van der Waals surface area contributed by atoms with Gasteiger partial charge in [-0.2, -0.15) is 4.98 Å². The zero-order valence-corrected chi connectivity index (χ0v) is 19.5. The number of rotatable bonds is 6. The van der Waals surface area contributed by atoms with Crippen molar-refractivity contribution in [3.05, 3.63) is 23.9 Å². The number of nitrogens with zero attached hydrogens (tertiary/aromatic N) is 4. The minimum absolute atomic E-state index is 0.105. The number of hydrogen-bond acceptors (Lipinski definition) is 8. The maximum atomic E-state index is 12.4. The van der Waals surface area contributed by atoms with Crippen LogP contribution in [0.2, 0.25) is 0 Å². The van der Waals surface area contributed by atoms with Crippen LogP contribution in [0.15, 0.2) is 23.9 Å². The van der Waals surface area contributed by atoms with Crippen LogP contribution < -0.4 is 20.1 Å². The number of nitrogens with two attached hydrogens (primary N) is 1. The smallest absolute Gasteiger partial charge is 0.228 e. The molecular weight excluding hydrogens is 406 g/mol. The SMILES string of the molecule is CCC1(CC)CC(=O)C=C(N2CCN(c3nc(N)c4cc(OC)c(OC)cc4n3)CC2)C1. The Morgan fingerprint density at radius 1 is 0.969 bits per heavy atom. The third kappa shape index (κ3) is 4.06. The summed E-state index contributed by atoms with van der Waals surface area (Å²) in [5.41, 5.74) is 8.28. The van der Waals surface area contributed by atoms with Gasteiger partial charge in [-0.3, -0.25) is 4.79 Å². The van der Waals surface area contributed by atoms with Gasteiger partial charge >= 0.3 is 0 Å². The lowest BCUT2D eigenvalue weighted by molar-refractivity contribution is -0.118. The predicted octanol–water partition coefficient (Wildman–Crippen LogP) is 3.40. The zero-order chi connectivity index (χ0) is 22.9. The highest BCUT2D eigenvalue weighted by atomic mass is 16.5. The molecule has 1 aromatic heterocycles. The summed E-state index contributed by atoms with van der Waals surface area (Å²) in [5.74, 6) is 2.50. The normalized spacial score (nSPS) is 18.6. The quantitative estimate of drug-likeness (QED) is 0.732. The van der Waals surface area contributed by atoms with Gasteiger partial charge in [0.15, 0.2) is 17.3 Å². The minimum Gasteiger partial charge on any atom is -0.493 e. The highest BCUT2D eigenvalue weighted by molar-refractivity contribution is 5.92. The van der Waals surface area contributed by atoms with Gasteiger partial charge in [-0.1, -0.05) is 13.8 Å². The van der Waals surface area contributed by atoms with E-state index in [1.807, 2.05) is 18.2 Å². The Labute approximate surface area is 189 Å². The first kappa shape index (κ1) is 22.2. The number of benzene rings is 1. The number of anilines is 2. The van der Waals surface area contributed by atoms with Crippen LogP contribution in [0.3, 0.4) is 0 Å². The summed E-state index contributed by atoms with van der Waals surface area (Å²) in [6, 6.07) is 3.64. The standard InChI is InChI=1S/C24H33N5O3/c1-5-24(6-2)14-16(11-17(30)15-24)28-7-9-29(10-8-28)23-26-19-13-21(32-4)20(31-3)12-18(19)22(25)27-23/h11-13H,5-10,14-15H2,1-4H3,(H2,25,26,27). The number of fused-ring (bicyclic) bond motifs is 1. The third-order valence-corrected chi connectivity index (χ3v) is 7.12.